The van der Waals surface area contributed by atoms with Crippen molar-refractivity contribution in [2.24, 2.45) is 5.73 Å². The minimum Gasteiger partial charge on any atom is -0.393 e. The highest BCUT2D eigenvalue weighted by atomic mass is 16.3. The second-order valence-electron chi connectivity index (χ2n) is 3.01. The van der Waals surface area contributed by atoms with Crippen molar-refractivity contribution in [3.8, 4) is 0 Å². The van der Waals surface area contributed by atoms with E-state index in [1.807, 2.05) is 6.92 Å². The van der Waals surface area contributed by atoms with E-state index in [0.717, 1.165) is 25.9 Å². The summed E-state index contributed by atoms with van der Waals surface area (Å²) in [5.74, 6) is 0. The molecule has 0 aromatic carbocycles. The summed E-state index contributed by atoms with van der Waals surface area (Å²) in [6.07, 6.45) is 1.81. The zero-order valence-corrected chi connectivity index (χ0v) is 6.45. The van der Waals surface area contributed by atoms with Crippen molar-refractivity contribution < 1.29 is 5.11 Å². The number of likely N-dealkylation sites (tertiary alicyclic amines) is 1. The minimum atomic E-state index is -0.0880. The fraction of sp³-hybridized carbons (Fsp3) is 1.00. The van der Waals surface area contributed by atoms with Gasteiger partial charge in [-0.1, -0.05) is 0 Å². The number of aliphatic hydroxyl groups is 1. The number of hydrogen-bond donors (Lipinski definition) is 2. The minimum absolute atomic E-state index is 0.0880. The van der Waals surface area contributed by atoms with Gasteiger partial charge in [0.15, 0.2) is 0 Å². The van der Waals surface area contributed by atoms with Gasteiger partial charge in [-0.3, -0.25) is 4.90 Å². The lowest BCUT2D eigenvalue weighted by Crippen LogP contribution is -2.45. The molecule has 1 aliphatic rings. The van der Waals surface area contributed by atoms with Crippen LogP contribution in [0, 0.1) is 0 Å². The van der Waals surface area contributed by atoms with Gasteiger partial charge in [0.2, 0.25) is 0 Å². The number of piperidine rings is 1. The smallest absolute Gasteiger partial charge is 0.0564 e. The van der Waals surface area contributed by atoms with Gasteiger partial charge in [0.1, 0.15) is 0 Å². The van der Waals surface area contributed by atoms with Gasteiger partial charge in [-0.2, -0.15) is 0 Å². The van der Waals surface area contributed by atoms with Crippen LogP contribution >= 0.6 is 0 Å². The van der Waals surface area contributed by atoms with Gasteiger partial charge in [-0.05, 0) is 19.8 Å². The molecule has 0 aromatic rings. The first-order chi connectivity index (χ1) is 4.70. The van der Waals surface area contributed by atoms with E-state index in [1.165, 1.54) is 0 Å². The molecule has 0 aromatic heterocycles. The van der Waals surface area contributed by atoms with Gasteiger partial charge in [0.25, 0.3) is 0 Å². The topological polar surface area (TPSA) is 49.5 Å². The molecule has 0 amide bonds. The monoisotopic (exact) mass is 144 g/mol. The van der Waals surface area contributed by atoms with Crippen molar-refractivity contribution >= 4 is 0 Å². The van der Waals surface area contributed by atoms with Crippen molar-refractivity contribution in [2.75, 3.05) is 13.1 Å². The lowest BCUT2D eigenvalue weighted by molar-refractivity contribution is 0.0661. The molecule has 0 saturated carbocycles. The zero-order chi connectivity index (χ0) is 7.56. The van der Waals surface area contributed by atoms with Crippen molar-refractivity contribution in [3.63, 3.8) is 0 Å². The predicted molar refractivity (Wildman–Crippen MR) is 40.5 cm³/mol. The maximum Gasteiger partial charge on any atom is 0.0564 e. The fourth-order valence-electron chi connectivity index (χ4n) is 1.29. The van der Waals surface area contributed by atoms with E-state index in [4.69, 9.17) is 10.8 Å². The van der Waals surface area contributed by atoms with Crippen molar-refractivity contribution in [1.29, 1.82) is 0 Å². The first kappa shape index (κ1) is 7.98. The molecule has 60 valence electrons. The van der Waals surface area contributed by atoms with Crippen LogP contribution in [0.5, 0.6) is 0 Å². The predicted octanol–water partition coefficient (Wildman–Crippen LogP) is -0.252. The van der Waals surface area contributed by atoms with Gasteiger partial charge in [-0.15, -0.1) is 0 Å². The standard InChI is InChI=1S/C7H16N2O/c1-6(8)9-4-2-7(10)3-5-9/h6-7,10H,2-5,8H2,1H3. The van der Waals surface area contributed by atoms with E-state index in [0.29, 0.717) is 0 Å². The molecule has 1 unspecified atom stereocenters. The normalized spacial score (nSPS) is 26.7. The number of rotatable bonds is 1. The maximum absolute atomic E-state index is 9.14. The third-order valence-corrected chi connectivity index (χ3v) is 2.08. The van der Waals surface area contributed by atoms with E-state index in [9.17, 15) is 0 Å². The molecule has 3 nitrogen and oxygen atoms in total. The van der Waals surface area contributed by atoms with Crippen LogP contribution in [0.3, 0.4) is 0 Å². The van der Waals surface area contributed by atoms with Crippen molar-refractivity contribution in [2.45, 2.75) is 32.0 Å². The highest BCUT2D eigenvalue weighted by Gasteiger charge is 2.18. The summed E-state index contributed by atoms with van der Waals surface area (Å²) in [5.41, 5.74) is 5.66. The molecule has 3 heteroatoms. The Morgan fingerprint density at radius 2 is 2.00 bits per heavy atom. The Kier molecular flexibility index (Phi) is 2.65. The van der Waals surface area contributed by atoms with E-state index in [2.05, 4.69) is 4.90 Å². The first-order valence-electron chi connectivity index (χ1n) is 3.88. The van der Waals surface area contributed by atoms with Gasteiger partial charge >= 0.3 is 0 Å². The van der Waals surface area contributed by atoms with Crippen LogP contribution in [0.4, 0.5) is 0 Å². The molecule has 1 heterocycles. The highest BCUT2D eigenvalue weighted by molar-refractivity contribution is 4.72. The molecule has 0 radical (unpaired) electrons. The van der Waals surface area contributed by atoms with Crippen molar-refractivity contribution in [1.82, 2.24) is 4.90 Å². The molecule has 10 heavy (non-hydrogen) atoms. The van der Waals surface area contributed by atoms with Crippen LogP contribution in [0.1, 0.15) is 19.8 Å². The van der Waals surface area contributed by atoms with Crippen LogP contribution in [-0.4, -0.2) is 35.4 Å². The Hall–Kier alpha value is -0.120. The molecular weight excluding hydrogens is 128 g/mol. The fourth-order valence-corrected chi connectivity index (χ4v) is 1.29. The Morgan fingerprint density at radius 1 is 1.50 bits per heavy atom. The molecular formula is C7H16N2O. The summed E-state index contributed by atoms with van der Waals surface area (Å²) in [6, 6.07) is 0. The number of nitrogens with zero attached hydrogens (tertiary/aromatic N) is 1. The average molecular weight is 144 g/mol. The van der Waals surface area contributed by atoms with Crippen LogP contribution in [0.2, 0.25) is 0 Å². The van der Waals surface area contributed by atoms with Gasteiger partial charge in [-0.25, -0.2) is 0 Å². The Morgan fingerprint density at radius 3 is 2.40 bits per heavy atom. The van der Waals surface area contributed by atoms with Crippen LogP contribution in [0.25, 0.3) is 0 Å². The van der Waals surface area contributed by atoms with E-state index >= 15 is 0 Å². The highest BCUT2D eigenvalue weighted by Crippen LogP contribution is 2.10. The van der Waals surface area contributed by atoms with Gasteiger partial charge in [0, 0.05) is 13.1 Å². The van der Waals surface area contributed by atoms with E-state index in [-0.39, 0.29) is 12.3 Å². The summed E-state index contributed by atoms with van der Waals surface area (Å²) < 4.78 is 0. The third kappa shape index (κ3) is 1.94. The zero-order valence-electron chi connectivity index (χ0n) is 6.45. The first-order valence-corrected chi connectivity index (χ1v) is 3.88. The van der Waals surface area contributed by atoms with Crippen LogP contribution in [-0.2, 0) is 0 Å². The summed E-state index contributed by atoms with van der Waals surface area (Å²) in [7, 11) is 0. The van der Waals surface area contributed by atoms with E-state index < -0.39 is 0 Å². The molecule has 0 aliphatic carbocycles. The molecule has 0 bridgehead atoms. The van der Waals surface area contributed by atoms with Crippen molar-refractivity contribution in [3.05, 3.63) is 0 Å². The lowest BCUT2D eigenvalue weighted by Gasteiger charge is -2.32. The summed E-state index contributed by atoms with van der Waals surface area (Å²) in [6.45, 7) is 3.87. The molecule has 3 N–H and O–H groups in total. The molecule has 1 rings (SSSR count). The summed E-state index contributed by atoms with van der Waals surface area (Å²) >= 11 is 0. The van der Waals surface area contributed by atoms with E-state index in [1.54, 1.807) is 0 Å². The van der Waals surface area contributed by atoms with Crippen LogP contribution < -0.4 is 5.73 Å². The Labute approximate surface area is 61.8 Å². The molecule has 1 fully saturated rings. The Bertz CT molecular complexity index is 97.8. The third-order valence-electron chi connectivity index (χ3n) is 2.08. The molecule has 0 spiro atoms. The largest absolute Gasteiger partial charge is 0.393 e. The average Bonchev–Trinajstić information content (AvgIpc) is 1.88. The summed E-state index contributed by atoms with van der Waals surface area (Å²) in [5, 5.41) is 9.14. The van der Waals surface area contributed by atoms with Crippen LogP contribution in [0.15, 0.2) is 0 Å². The summed E-state index contributed by atoms with van der Waals surface area (Å²) in [4.78, 5) is 2.19. The maximum atomic E-state index is 9.14. The number of hydrogen-bond acceptors (Lipinski definition) is 3. The lowest BCUT2D eigenvalue weighted by atomic mass is 10.1. The molecule has 1 aliphatic heterocycles. The Balaban J connectivity index is 2.26. The number of nitrogens with two attached hydrogens (primary N) is 1. The molecule has 1 saturated heterocycles. The van der Waals surface area contributed by atoms with Gasteiger partial charge < -0.3 is 10.8 Å². The molecule has 1 atom stereocenters. The SMILES string of the molecule is CC(N)N1CCC(O)CC1. The van der Waals surface area contributed by atoms with Gasteiger partial charge in [0.05, 0.1) is 12.3 Å². The number of aliphatic hydroxyl groups excluding tert-OH is 1. The quantitative estimate of drug-likeness (QED) is 0.533. The second kappa shape index (κ2) is 3.32. The second-order valence-corrected chi connectivity index (χ2v) is 3.01.